The van der Waals surface area contributed by atoms with Crippen LogP contribution in [0.5, 0.6) is 0 Å². The largest absolute Gasteiger partial charge is 0.463 e. The summed E-state index contributed by atoms with van der Waals surface area (Å²) in [6.07, 6.45) is 2.28. The Morgan fingerprint density at radius 1 is 1.64 bits per heavy atom. The molecule has 1 heterocycles. The monoisotopic (exact) mass is 198 g/mol. The smallest absolute Gasteiger partial charge is 0.334 e. The number of ether oxygens (including phenoxy) is 2. The van der Waals surface area contributed by atoms with E-state index in [9.17, 15) is 9.59 Å². The van der Waals surface area contributed by atoms with Crippen LogP contribution in [0.4, 0.5) is 0 Å². The Labute approximate surface area is 82.9 Å². The van der Waals surface area contributed by atoms with Gasteiger partial charge in [-0.1, -0.05) is 6.92 Å². The van der Waals surface area contributed by atoms with Gasteiger partial charge in [0.15, 0.2) is 0 Å². The van der Waals surface area contributed by atoms with Gasteiger partial charge in [-0.05, 0) is 12.8 Å². The first-order valence-corrected chi connectivity index (χ1v) is 4.69. The molecule has 1 unspecified atom stereocenters. The van der Waals surface area contributed by atoms with Gasteiger partial charge in [-0.15, -0.1) is 0 Å². The molecule has 0 bridgehead atoms. The normalized spacial score (nSPS) is 24.6. The van der Waals surface area contributed by atoms with Crippen molar-refractivity contribution in [1.29, 1.82) is 0 Å². The van der Waals surface area contributed by atoms with Crippen LogP contribution in [-0.4, -0.2) is 18.5 Å². The van der Waals surface area contributed by atoms with E-state index in [0.717, 1.165) is 0 Å². The molecule has 78 valence electrons. The summed E-state index contributed by atoms with van der Waals surface area (Å²) in [5.41, 5.74) is 0. The van der Waals surface area contributed by atoms with E-state index in [1.165, 1.54) is 6.08 Å². The van der Waals surface area contributed by atoms with Crippen molar-refractivity contribution in [3.63, 3.8) is 0 Å². The number of hydrogen-bond acceptors (Lipinski definition) is 4. The van der Waals surface area contributed by atoms with Crippen LogP contribution in [0.1, 0.15) is 26.7 Å². The number of rotatable bonds is 2. The average Bonchev–Trinajstić information content (AvgIpc) is 2.01. The summed E-state index contributed by atoms with van der Waals surface area (Å²) in [4.78, 5) is 22.0. The summed E-state index contributed by atoms with van der Waals surface area (Å²) in [7, 11) is 0. The maximum absolute atomic E-state index is 11.0. The lowest BCUT2D eigenvalue weighted by Crippen LogP contribution is -2.18. The van der Waals surface area contributed by atoms with Crippen molar-refractivity contribution in [3.05, 3.63) is 11.8 Å². The van der Waals surface area contributed by atoms with Gasteiger partial charge < -0.3 is 9.47 Å². The number of allylic oxidation sites excluding steroid dienone is 1. The highest BCUT2D eigenvalue weighted by atomic mass is 16.5. The third-order valence-electron chi connectivity index (χ3n) is 1.88. The molecule has 0 N–H and O–H groups in total. The molecule has 1 rings (SSSR count). The summed E-state index contributed by atoms with van der Waals surface area (Å²) >= 11 is 0. The molecule has 1 aliphatic rings. The Morgan fingerprint density at radius 3 is 2.93 bits per heavy atom. The van der Waals surface area contributed by atoms with Crippen LogP contribution >= 0.6 is 0 Å². The fraction of sp³-hybridized carbons (Fsp3) is 0.600. The quantitative estimate of drug-likeness (QED) is 0.497. The number of esters is 2. The summed E-state index contributed by atoms with van der Waals surface area (Å²) in [5.74, 6) is -0.0900. The van der Waals surface area contributed by atoms with Crippen molar-refractivity contribution < 1.29 is 19.1 Å². The van der Waals surface area contributed by atoms with E-state index in [4.69, 9.17) is 9.47 Å². The second-order valence-corrected chi connectivity index (χ2v) is 3.35. The maximum Gasteiger partial charge on any atom is 0.334 e. The summed E-state index contributed by atoms with van der Waals surface area (Å²) in [6.45, 7) is 4.00. The van der Waals surface area contributed by atoms with E-state index in [0.29, 0.717) is 25.2 Å². The first kappa shape index (κ1) is 10.8. The molecular formula is C10H14O4. The highest BCUT2D eigenvalue weighted by Crippen LogP contribution is 2.23. The molecule has 4 nitrogen and oxygen atoms in total. The molecule has 0 aromatic heterocycles. The van der Waals surface area contributed by atoms with E-state index in [1.807, 2.05) is 6.92 Å². The van der Waals surface area contributed by atoms with Crippen LogP contribution < -0.4 is 0 Å². The molecule has 1 aliphatic heterocycles. The van der Waals surface area contributed by atoms with Crippen LogP contribution in [0, 0.1) is 5.92 Å². The third-order valence-corrected chi connectivity index (χ3v) is 1.88. The fourth-order valence-corrected chi connectivity index (χ4v) is 1.33. The van der Waals surface area contributed by atoms with Crippen LogP contribution in [0.15, 0.2) is 11.8 Å². The van der Waals surface area contributed by atoms with E-state index in [-0.39, 0.29) is 11.9 Å². The molecule has 0 radical (unpaired) electrons. The fourth-order valence-electron chi connectivity index (χ4n) is 1.33. The SMILES string of the molecule is CCOC(=O)C=C1CC(C)CC(=O)O1. The van der Waals surface area contributed by atoms with E-state index < -0.39 is 5.97 Å². The van der Waals surface area contributed by atoms with Crippen LogP contribution in [0.2, 0.25) is 0 Å². The van der Waals surface area contributed by atoms with Gasteiger partial charge in [-0.3, -0.25) is 4.79 Å². The average molecular weight is 198 g/mol. The minimum absolute atomic E-state index is 0.233. The number of hydrogen-bond donors (Lipinski definition) is 0. The maximum atomic E-state index is 11.0. The number of carbonyl (C=O) groups is 2. The number of cyclic esters (lactones) is 1. The van der Waals surface area contributed by atoms with Gasteiger partial charge in [0.2, 0.25) is 0 Å². The minimum atomic E-state index is -0.454. The third kappa shape index (κ3) is 3.20. The molecule has 0 saturated carbocycles. The molecule has 0 amide bonds. The van der Waals surface area contributed by atoms with Crippen molar-refractivity contribution in [2.45, 2.75) is 26.7 Å². The second kappa shape index (κ2) is 4.79. The van der Waals surface area contributed by atoms with Crippen molar-refractivity contribution >= 4 is 11.9 Å². The van der Waals surface area contributed by atoms with Crippen molar-refractivity contribution in [1.82, 2.24) is 0 Å². The molecule has 1 saturated heterocycles. The van der Waals surface area contributed by atoms with Crippen molar-refractivity contribution in [2.75, 3.05) is 6.61 Å². The first-order chi connectivity index (χ1) is 6.61. The standard InChI is InChI=1S/C10H14O4/c1-3-13-9(11)6-8-4-7(2)5-10(12)14-8/h6-7H,3-5H2,1-2H3. The molecule has 0 spiro atoms. The molecule has 0 aromatic rings. The summed E-state index contributed by atoms with van der Waals surface area (Å²) < 4.78 is 9.60. The Bertz CT molecular complexity index is 267. The van der Waals surface area contributed by atoms with Gasteiger partial charge in [-0.25, -0.2) is 4.79 Å². The lowest BCUT2D eigenvalue weighted by molar-refractivity contribution is -0.143. The second-order valence-electron chi connectivity index (χ2n) is 3.35. The Kier molecular flexibility index (Phi) is 3.68. The van der Waals surface area contributed by atoms with Crippen molar-refractivity contribution in [3.8, 4) is 0 Å². The predicted octanol–water partition coefficient (Wildman–Crippen LogP) is 1.41. The zero-order valence-corrected chi connectivity index (χ0v) is 8.41. The van der Waals surface area contributed by atoms with Gasteiger partial charge in [-0.2, -0.15) is 0 Å². The molecule has 0 aromatic carbocycles. The van der Waals surface area contributed by atoms with E-state index in [1.54, 1.807) is 6.92 Å². The van der Waals surface area contributed by atoms with Gasteiger partial charge >= 0.3 is 11.9 Å². The first-order valence-electron chi connectivity index (χ1n) is 4.69. The van der Waals surface area contributed by atoms with Crippen LogP contribution in [0.25, 0.3) is 0 Å². The predicted molar refractivity (Wildman–Crippen MR) is 49.2 cm³/mol. The van der Waals surface area contributed by atoms with Crippen LogP contribution in [0.3, 0.4) is 0 Å². The Balaban J connectivity index is 2.58. The van der Waals surface area contributed by atoms with Gasteiger partial charge in [0.05, 0.1) is 12.7 Å². The van der Waals surface area contributed by atoms with E-state index in [2.05, 4.69) is 0 Å². The molecule has 1 fully saturated rings. The van der Waals surface area contributed by atoms with Gasteiger partial charge in [0.25, 0.3) is 0 Å². The highest BCUT2D eigenvalue weighted by Gasteiger charge is 2.21. The molecule has 4 heteroatoms. The van der Waals surface area contributed by atoms with E-state index >= 15 is 0 Å². The zero-order valence-electron chi connectivity index (χ0n) is 8.41. The molecule has 0 aliphatic carbocycles. The van der Waals surface area contributed by atoms with Crippen LogP contribution in [-0.2, 0) is 19.1 Å². The minimum Gasteiger partial charge on any atom is -0.463 e. The summed E-state index contributed by atoms with van der Waals surface area (Å²) in [6, 6.07) is 0. The topological polar surface area (TPSA) is 52.6 Å². The zero-order chi connectivity index (χ0) is 10.6. The van der Waals surface area contributed by atoms with Gasteiger partial charge in [0, 0.05) is 12.8 Å². The molecule has 1 atom stereocenters. The van der Waals surface area contributed by atoms with Crippen molar-refractivity contribution in [2.24, 2.45) is 5.92 Å². The molecule has 14 heavy (non-hydrogen) atoms. The molecular weight excluding hydrogens is 184 g/mol. The Morgan fingerprint density at radius 2 is 2.36 bits per heavy atom. The van der Waals surface area contributed by atoms with Gasteiger partial charge in [0.1, 0.15) is 5.76 Å². The summed E-state index contributed by atoms with van der Waals surface area (Å²) in [5, 5.41) is 0. The lowest BCUT2D eigenvalue weighted by atomic mass is 10.0. The highest BCUT2D eigenvalue weighted by molar-refractivity contribution is 5.83. The lowest BCUT2D eigenvalue weighted by Gasteiger charge is -2.19. The number of carbonyl (C=O) groups excluding carboxylic acids is 2. The Hall–Kier alpha value is -1.32.